The van der Waals surface area contributed by atoms with Crippen molar-refractivity contribution in [2.24, 2.45) is 22.7 Å². The number of ketones is 2. The van der Waals surface area contributed by atoms with Crippen LogP contribution >= 0.6 is 0 Å². The lowest BCUT2D eigenvalue weighted by Crippen LogP contribution is -2.41. The van der Waals surface area contributed by atoms with Gasteiger partial charge in [0, 0.05) is 25.0 Å². The second-order valence-corrected chi connectivity index (χ2v) is 9.66. The fourth-order valence-corrected chi connectivity index (χ4v) is 3.97. The van der Waals surface area contributed by atoms with Crippen molar-refractivity contribution < 1.29 is 38.9 Å². The topological polar surface area (TPSA) is 172 Å². The third-order valence-corrected chi connectivity index (χ3v) is 6.68. The minimum Gasteiger partial charge on any atom is -0.511 e. The number of carbonyl (C=O) groups is 5. The van der Waals surface area contributed by atoms with Gasteiger partial charge in [-0.2, -0.15) is 0 Å². The number of carbonyl (C=O) groups excluding carboxylic acids is 4. The van der Waals surface area contributed by atoms with Crippen LogP contribution in [0.25, 0.3) is 0 Å². The van der Waals surface area contributed by atoms with Crippen LogP contribution in [0.4, 0.5) is 0 Å². The summed E-state index contributed by atoms with van der Waals surface area (Å²) in [6.45, 7) is 7.41. The Bertz CT molecular complexity index is 1180. The number of aliphatic hydroxyl groups excluding tert-OH is 1. The first-order chi connectivity index (χ1) is 17.4. The van der Waals surface area contributed by atoms with E-state index in [1.807, 2.05) is 13.8 Å². The average Bonchev–Trinajstić information content (AvgIpc) is 3.64. The van der Waals surface area contributed by atoms with Crippen LogP contribution in [0, 0.1) is 17.8 Å². The van der Waals surface area contributed by atoms with E-state index in [1.54, 1.807) is 13.8 Å². The summed E-state index contributed by atoms with van der Waals surface area (Å²) in [5.41, 5.74) is -0.761. The summed E-state index contributed by atoms with van der Waals surface area (Å²) in [4.78, 5) is 66.7. The fourth-order valence-electron chi connectivity index (χ4n) is 3.97. The normalized spacial score (nSPS) is 23.2. The van der Waals surface area contributed by atoms with Gasteiger partial charge in [-0.1, -0.05) is 13.8 Å². The highest BCUT2D eigenvalue weighted by Crippen LogP contribution is 2.38. The van der Waals surface area contributed by atoms with Gasteiger partial charge < -0.3 is 20.3 Å². The molecule has 11 nitrogen and oxygen atoms in total. The highest BCUT2D eigenvalue weighted by Gasteiger charge is 2.43. The number of amidine groups is 1. The number of hydrogen-bond acceptors (Lipinski definition) is 9. The largest absolute Gasteiger partial charge is 0.511 e. The standard InChI is InChI=1S/C13H15N3O3.C13H16O5/c1-7(2)13(3)12(19)15-10(16-13)9-8(11(17)18)5-4-6-14-9;1-2-18-13(17)8-5-9(14)11(10(15)6-8)12(16)7-3-4-7/h4-7H,1-3H3,(H,17,18)(H,15,16,19);7-8,16H,2-6H2,1H3. The molecule has 2 heterocycles. The van der Waals surface area contributed by atoms with Gasteiger partial charge in [0.05, 0.1) is 23.7 Å². The number of ether oxygens (including phenoxy) is 1. The van der Waals surface area contributed by atoms with E-state index in [0.29, 0.717) is 0 Å². The van der Waals surface area contributed by atoms with Crippen LogP contribution in [0.15, 0.2) is 34.7 Å². The van der Waals surface area contributed by atoms with Gasteiger partial charge in [-0.05, 0) is 44.7 Å². The van der Waals surface area contributed by atoms with Crippen LogP contribution in [0.2, 0.25) is 0 Å². The minimum absolute atomic E-state index is 0.00184. The Hall–Kier alpha value is -3.89. The molecule has 0 aromatic carbocycles. The smallest absolute Gasteiger partial charge is 0.338 e. The molecule has 1 amide bonds. The number of amides is 1. The lowest BCUT2D eigenvalue weighted by Gasteiger charge is -2.21. The van der Waals surface area contributed by atoms with Crippen LogP contribution in [0.3, 0.4) is 0 Å². The second kappa shape index (κ2) is 11.0. The number of aliphatic hydroxyl groups is 1. The maximum atomic E-state index is 12.0. The molecule has 11 heteroatoms. The van der Waals surface area contributed by atoms with Gasteiger partial charge in [0.2, 0.25) is 0 Å². The quantitative estimate of drug-likeness (QED) is 0.223. The van der Waals surface area contributed by atoms with Crippen LogP contribution in [-0.4, -0.2) is 62.6 Å². The van der Waals surface area contributed by atoms with Gasteiger partial charge in [-0.25, -0.2) is 9.79 Å². The second-order valence-electron chi connectivity index (χ2n) is 9.66. The maximum Gasteiger partial charge on any atom is 0.338 e. The molecule has 1 aliphatic heterocycles. The summed E-state index contributed by atoms with van der Waals surface area (Å²) < 4.78 is 4.81. The minimum atomic E-state index is -1.10. The Morgan fingerprint density at radius 2 is 1.76 bits per heavy atom. The van der Waals surface area contributed by atoms with E-state index in [4.69, 9.17) is 9.84 Å². The molecular formula is C26H31N3O8. The Kier molecular flexibility index (Phi) is 8.25. The first kappa shape index (κ1) is 27.7. The van der Waals surface area contributed by atoms with E-state index < -0.39 is 35.0 Å². The Morgan fingerprint density at radius 1 is 1.14 bits per heavy atom. The van der Waals surface area contributed by atoms with E-state index >= 15 is 0 Å². The van der Waals surface area contributed by atoms with Crippen molar-refractivity contribution in [1.82, 2.24) is 10.3 Å². The number of hydrogen-bond donors (Lipinski definition) is 3. The molecule has 37 heavy (non-hydrogen) atoms. The predicted molar refractivity (Wildman–Crippen MR) is 131 cm³/mol. The number of allylic oxidation sites excluding steroid dienone is 2. The van der Waals surface area contributed by atoms with E-state index in [-0.39, 0.29) is 65.6 Å². The van der Waals surface area contributed by atoms with E-state index in [1.165, 1.54) is 18.3 Å². The molecule has 1 atom stereocenters. The summed E-state index contributed by atoms with van der Waals surface area (Å²) in [5.74, 6) is -3.30. The highest BCUT2D eigenvalue weighted by molar-refractivity contribution is 6.23. The monoisotopic (exact) mass is 513 g/mol. The average molecular weight is 514 g/mol. The van der Waals surface area contributed by atoms with E-state index in [9.17, 15) is 29.1 Å². The van der Waals surface area contributed by atoms with Crippen LogP contribution in [0.1, 0.15) is 69.4 Å². The summed E-state index contributed by atoms with van der Waals surface area (Å²) in [6.07, 6.45) is 3.02. The summed E-state index contributed by atoms with van der Waals surface area (Å²) in [6, 6.07) is 2.97. The number of aromatic nitrogens is 1. The van der Waals surface area contributed by atoms with Crippen molar-refractivity contribution in [3.8, 4) is 0 Å². The summed E-state index contributed by atoms with van der Waals surface area (Å²) >= 11 is 0. The molecule has 2 aliphatic carbocycles. The number of esters is 1. The van der Waals surface area contributed by atoms with Gasteiger partial charge in [-0.15, -0.1) is 0 Å². The van der Waals surface area contributed by atoms with Crippen molar-refractivity contribution in [1.29, 1.82) is 0 Å². The molecule has 2 fully saturated rings. The molecule has 198 valence electrons. The van der Waals surface area contributed by atoms with Crippen molar-refractivity contribution in [2.45, 2.75) is 58.9 Å². The number of nitrogens with zero attached hydrogens (tertiary/aromatic N) is 2. The Morgan fingerprint density at radius 3 is 2.24 bits per heavy atom. The van der Waals surface area contributed by atoms with Crippen LogP contribution < -0.4 is 5.32 Å². The molecule has 4 rings (SSSR count). The molecule has 2 saturated carbocycles. The maximum absolute atomic E-state index is 12.0. The molecule has 0 saturated heterocycles. The van der Waals surface area contributed by atoms with Crippen molar-refractivity contribution >= 4 is 35.2 Å². The molecule has 3 N–H and O–H groups in total. The summed E-state index contributed by atoms with van der Waals surface area (Å²) in [7, 11) is 0. The predicted octanol–water partition coefficient (Wildman–Crippen LogP) is 2.39. The molecule has 0 bridgehead atoms. The molecule has 1 aromatic heterocycles. The van der Waals surface area contributed by atoms with Gasteiger partial charge in [0.25, 0.3) is 5.91 Å². The first-order valence-corrected chi connectivity index (χ1v) is 12.2. The zero-order chi connectivity index (χ0) is 27.5. The van der Waals surface area contributed by atoms with Crippen LogP contribution in [0.5, 0.6) is 0 Å². The molecule has 1 aromatic rings. The van der Waals surface area contributed by atoms with Gasteiger partial charge in [0.15, 0.2) is 17.4 Å². The number of carboxylic acids is 1. The Balaban J connectivity index is 0.000000206. The van der Waals surface area contributed by atoms with Crippen LogP contribution in [-0.2, 0) is 23.9 Å². The molecule has 3 aliphatic rings. The number of pyridine rings is 1. The van der Waals surface area contributed by atoms with E-state index in [2.05, 4.69) is 15.3 Å². The SMILES string of the molecule is CC(C)C1(C)N=C(c2ncccc2C(=O)O)NC1=O.CCOC(=O)C1CC(=O)C(=C(O)C2CC2)C(=O)C1. The lowest BCUT2D eigenvalue weighted by molar-refractivity contribution is -0.151. The number of aliphatic imine (C=N–C) groups is 1. The van der Waals surface area contributed by atoms with E-state index in [0.717, 1.165) is 12.8 Å². The van der Waals surface area contributed by atoms with Gasteiger partial charge in [-0.3, -0.25) is 24.2 Å². The molecule has 0 spiro atoms. The first-order valence-electron chi connectivity index (χ1n) is 12.2. The number of rotatable bonds is 6. The lowest BCUT2D eigenvalue weighted by atomic mass is 9.82. The third kappa shape index (κ3) is 5.92. The number of nitrogens with one attached hydrogen (secondary N) is 1. The molecule has 1 unspecified atom stereocenters. The molecule has 0 radical (unpaired) electrons. The third-order valence-electron chi connectivity index (χ3n) is 6.68. The number of aromatic carboxylic acids is 1. The zero-order valence-corrected chi connectivity index (χ0v) is 21.2. The van der Waals surface area contributed by atoms with Crippen molar-refractivity contribution in [2.75, 3.05) is 6.61 Å². The van der Waals surface area contributed by atoms with Gasteiger partial charge >= 0.3 is 11.9 Å². The fraction of sp³-hybridized carbons (Fsp3) is 0.500. The van der Waals surface area contributed by atoms with Crippen molar-refractivity contribution in [3.05, 3.63) is 40.9 Å². The summed E-state index contributed by atoms with van der Waals surface area (Å²) in [5, 5.41) is 21.6. The van der Waals surface area contributed by atoms with Crippen molar-refractivity contribution in [3.63, 3.8) is 0 Å². The van der Waals surface area contributed by atoms with Gasteiger partial charge in [0.1, 0.15) is 17.0 Å². The highest BCUT2D eigenvalue weighted by atomic mass is 16.5. The Labute approximate surface area is 214 Å². The molecular weight excluding hydrogens is 482 g/mol. The zero-order valence-electron chi connectivity index (χ0n) is 21.2. The number of Topliss-reactive ketones (excluding diaryl/α,β-unsaturated/α-hetero) is 2. The number of carboxylic acid groups (broad SMARTS) is 1.